The number of hydrogen-bond donors (Lipinski definition) is 2. The van der Waals surface area contributed by atoms with E-state index < -0.39 is 8.22 Å². The highest BCUT2D eigenvalue weighted by molar-refractivity contribution is 7.68. The Morgan fingerprint density at radius 3 is 1.29 bits per heavy atom. The van der Waals surface area contributed by atoms with Crippen LogP contribution in [0.1, 0.15) is 0 Å². The summed E-state index contributed by atoms with van der Waals surface area (Å²) in [6.07, 6.45) is 0. The van der Waals surface area contributed by atoms with Crippen LogP contribution in [-0.4, -0.2) is 0 Å². The summed E-state index contributed by atoms with van der Waals surface area (Å²) in [4.78, 5) is 0. The third kappa shape index (κ3) is 3.84. The summed E-state index contributed by atoms with van der Waals surface area (Å²) < 4.78 is 0. The van der Waals surface area contributed by atoms with E-state index in [-0.39, 0.29) is 0 Å². The molecule has 0 spiro atoms. The van der Waals surface area contributed by atoms with Crippen LogP contribution in [0.3, 0.4) is 0 Å². The summed E-state index contributed by atoms with van der Waals surface area (Å²) in [5.74, 6) is 0. The SMILES string of the molecule is c1ccc(NP(Nc2ccccc2)c2ccccc2)cc1. The first-order valence-electron chi connectivity index (χ1n) is 6.90. The topological polar surface area (TPSA) is 24.1 Å². The molecule has 0 aliphatic rings. The highest BCUT2D eigenvalue weighted by Crippen LogP contribution is 2.35. The molecule has 0 saturated carbocycles. The lowest BCUT2D eigenvalue weighted by Gasteiger charge is -2.22. The summed E-state index contributed by atoms with van der Waals surface area (Å²) in [7, 11) is -0.708. The summed E-state index contributed by atoms with van der Waals surface area (Å²) in [6, 6.07) is 31.1. The van der Waals surface area contributed by atoms with Crippen molar-refractivity contribution in [2.75, 3.05) is 10.2 Å². The molecule has 0 aromatic heterocycles. The van der Waals surface area contributed by atoms with Gasteiger partial charge in [0.2, 0.25) is 0 Å². The Hall–Kier alpha value is -2.31. The lowest BCUT2D eigenvalue weighted by atomic mass is 10.3. The van der Waals surface area contributed by atoms with Gasteiger partial charge in [-0.3, -0.25) is 0 Å². The maximum atomic E-state index is 3.60. The maximum Gasteiger partial charge on any atom is 0.123 e. The van der Waals surface area contributed by atoms with Crippen molar-refractivity contribution in [3.05, 3.63) is 91.0 Å². The van der Waals surface area contributed by atoms with Crippen molar-refractivity contribution in [3.63, 3.8) is 0 Å². The molecule has 0 aliphatic carbocycles. The Morgan fingerprint density at radius 2 is 0.857 bits per heavy atom. The molecule has 0 fully saturated rings. The second-order valence-electron chi connectivity index (χ2n) is 4.63. The van der Waals surface area contributed by atoms with E-state index in [1.165, 1.54) is 5.30 Å². The van der Waals surface area contributed by atoms with Crippen molar-refractivity contribution in [1.29, 1.82) is 0 Å². The van der Waals surface area contributed by atoms with E-state index in [1.54, 1.807) is 0 Å². The molecule has 0 aliphatic heterocycles. The van der Waals surface area contributed by atoms with E-state index in [0.29, 0.717) is 0 Å². The zero-order valence-corrected chi connectivity index (χ0v) is 12.5. The Labute approximate surface area is 126 Å². The molecule has 21 heavy (non-hydrogen) atoms. The molecule has 0 radical (unpaired) electrons. The van der Waals surface area contributed by atoms with Gasteiger partial charge >= 0.3 is 0 Å². The van der Waals surface area contributed by atoms with E-state index in [4.69, 9.17) is 0 Å². The molecule has 0 heterocycles. The molecule has 2 nitrogen and oxygen atoms in total. The van der Waals surface area contributed by atoms with Gasteiger partial charge in [-0.1, -0.05) is 66.7 Å². The molecule has 0 unspecified atom stereocenters. The van der Waals surface area contributed by atoms with Crippen LogP contribution in [0.25, 0.3) is 0 Å². The predicted octanol–water partition coefficient (Wildman–Crippen LogP) is 4.85. The van der Waals surface area contributed by atoms with E-state index >= 15 is 0 Å². The normalized spacial score (nSPS) is 10.3. The fourth-order valence-electron chi connectivity index (χ4n) is 2.02. The molecule has 3 heteroatoms. The van der Waals surface area contributed by atoms with Gasteiger partial charge < -0.3 is 10.2 Å². The van der Waals surface area contributed by atoms with Crippen LogP contribution in [0.15, 0.2) is 91.0 Å². The van der Waals surface area contributed by atoms with Gasteiger partial charge in [0.25, 0.3) is 0 Å². The second kappa shape index (κ2) is 6.92. The minimum absolute atomic E-state index is 0.708. The Balaban J connectivity index is 1.84. The monoisotopic (exact) mass is 292 g/mol. The number of hydrogen-bond acceptors (Lipinski definition) is 2. The summed E-state index contributed by atoms with van der Waals surface area (Å²) in [5.41, 5.74) is 2.24. The number of benzene rings is 3. The smallest absolute Gasteiger partial charge is 0.123 e. The highest BCUT2D eigenvalue weighted by Gasteiger charge is 2.11. The highest BCUT2D eigenvalue weighted by atomic mass is 31.1. The molecular formula is C18H17N2P. The van der Waals surface area contributed by atoms with Crippen molar-refractivity contribution in [1.82, 2.24) is 0 Å². The van der Waals surface area contributed by atoms with Gasteiger partial charge in [-0.05, 0) is 24.3 Å². The fraction of sp³-hybridized carbons (Fsp3) is 0. The molecule has 0 bridgehead atoms. The third-order valence-corrected chi connectivity index (χ3v) is 4.82. The number of nitrogens with one attached hydrogen (secondary N) is 2. The minimum atomic E-state index is -0.708. The number of para-hydroxylation sites is 2. The number of anilines is 2. The second-order valence-corrected chi connectivity index (χ2v) is 6.26. The van der Waals surface area contributed by atoms with Crippen molar-refractivity contribution in [2.45, 2.75) is 0 Å². The first-order valence-corrected chi connectivity index (χ1v) is 8.24. The lowest BCUT2D eigenvalue weighted by Crippen LogP contribution is -2.13. The minimum Gasteiger partial charge on any atom is -0.344 e. The zero-order chi connectivity index (χ0) is 14.3. The van der Waals surface area contributed by atoms with Crippen LogP contribution in [0.4, 0.5) is 11.4 Å². The standard InChI is InChI=1S/C18H17N2P/c1-4-10-16(11-5-1)19-21(18-14-8-3-9-15-18)20-17-12-6-2-7-13-17/h1-15,19-20H. The van der Waals surface area contributed by atoms with Crippen molar-refractivity contribution in [2.24, 2.45) is 0 Å². The summed E-state index contributed by atoms with van der Waals surface area (Å²) in [6.45, 7) is 0. The molecule has 0 atom stereocenters. The van der Waals surface area contributed by atoms with E-state index in [1.807, 2.05) is 42.5 Å². The first-order chi connectivity index (χ1) is 10.4. The molecule has 104 valence electrons. The van der Waals surface area contributed by atoms with Crippen LogP contribution < -0.4 is 15.5 Å². The zero-order valence-electron chi connectivity index (χ0n) is 11.6. The Bertz CT molecular complexity index is 615. The maximum absolute atomic E-state index is 3.60. The van der Waals surface area contributed by atoms with Crippen LogP contribution >= 0.6 is 8.22 Å². The van der Waals surface area contributed by atoms with Crippen LogP contribution in [-0.2, 0) is 0 Å². The van der Waals surface area contributed by atoms with Gasteiger partial charge in [-0.15, -0.1) is 0 Å². The molecule has 2 N–H and O–H groups in total. The summed E-state index contributed by atoms with van der Waals surface area (Å²) in [5, 5.41) is 8.46. The fourth-order valence-corrected chi connectivity index (χ4v) is 3.62. The van der Waals surface area contributed by atoms with Gasteiger partial charge in [-0.25, -0.2) is 0 Å². The number of rotatable bonds is 5. The molecule has 0 amide bonds. The van der Waals surface area contributed by atoms with Crippen molar-refractivity contribution < 1.29 is 0 Å². The van der Waals surface area contributed by atoms with Gasteiger partial charge in [0.05, 0.1) is 0 Å². The molecule has 3 aromatic rings. The first kappa shape index (κ1) is 13.7. The van der Waals surface area contributed by atoms with E-state index in [2.05, 4.69) is 58.7 Å². The summed E-state index contributed by atoms with van der Waals surface area (Å²) >= 11 is 0. The van der Waals surface area contributed by atoms with E-state index in [9.17, 15) is 0 Å². The Kier molecular flexibility index (Phi) is 4.50. The van der Waals surface area contributed by atoms with Crippen molar-refractivity contribution >= 4 is 24.9 Å². The largest absolute Gasteiger partial charge is 0.344 e. The van der Waals surface area contributed by atoms with Crippen LogP contribution in [0.2, 0.25) is 0 Å². The van der Waals surface area contributed by atoms with Gasteiger partial charge in [0.15, 0.2) is 0 Å². The van der Waals surface area contributed by atoms with Crippen molar-refractivity contribution in [3.8, 4) is 0 Å². The lowest BCUT2D eigenvalue weighted by molar-refractivity contribution is 1.64. The third-order valence-electron chi connectivity index (χ3n) is 3.04. The van der Waals surface area contributed by atoms with Crippen LogP contribution in [0.5, 0.6) is 0 Å². The van der Waals surface area contributed by atoms with Gasteiger partial charge in [0.1, 0.15) is 8.22 Å². The quantitative estimate of drug-likeness (QED) is 0.657. The molecular weight excluding hydrogens is 275 g/mol. The van der Waals surface area contributed by atoms with Crippen LogP contribution in [0, 0.1) is 0 Å². The van der Waals surface area contributed by atoms with Gasteiger partial charge in [0, 0.05) is 16.7 Å². The average molecular weight is 292 g/mol. The molecule has 3 aromatic carbocycles. The Morgan fingerprint density at radius 1 is 0.476 bits per heavy atom. The predicted molar refractivity (Wildman–Crippen MR) is 93.1 cm³/mol. The molecule has 3 rings (SSSR count). The van der Waals surface area contributed by atoms with Gasteiger partial charge in [-0.2, -0.15) is 0 Å². The van der Waals surface area contributed by atoms with E-state index in [0.717, 1.165) is 11.4 Å². The molecule has 0 saturated heterocycles. The average Bonchev–Trinajstić information content (AvgIpc) is 2.57.